The lowest BCUT2D eigenvalue weighted by atomic mass is 10.2. The molecule has 3 N–H and O–H groups in total. The van der Waals surface area contributed by atoms with Crippen molar-refractivity contribution in [3.63, 3.8) is 0 Å². The van der Waals surface area contributed by atoms with E-state index >= 15 is 0 Å². The summed E-state index contributed by atoms with van der Waals surface area (Å²) in [4.78, 5) is 10.2. The average molecular weight is 221 g/mol. The molecule has 0 saturated heterocycles. The lowest BCUT2D eigenvalue weighted by Crippen LogP contribution is -2.14. The third kappa shape index (κ3) is 2.42. The van der Waals surface area contributed by atoms with Crippen molar-refractivity contribution >= 4 is 17.1 Å². The second-order valence-corrected chi connectivity index (χ2v) is 4.20. The fourth-order valence-electron chi connectivity index (χ4n) is 2.13. The topological polar surface area (TPSA) is 81.2 Å². The van der Waals surface area contributed by atoms with Gasteiger partial charge in [0, 0.05) is 29.5 Å². The van der Waals surface area contributed by atoms with E-state index < -0.39 is 4.92 Å². The van der Waals surface area contributed by atoms with Gasteiger partial charge in [-0.25, -0.2) is 0 Å². The molecule has 0 atom stereocenters. The maximum absolute atomic E-state index is 10.7. The molecule has 0 aromatic heterocycles. The standard InChI is InChI=1S/C11H15N3O2/c12-8-5-10(7-11(6-8)14(15)16)13-9-3-1-2-4-9/h5-7,9,13H,1-4,12H2. The zero-order valence-electron chi connectivity index (χ0n) is 8.98. The number of nitrogens with zero attached hydrogens (tertiary/aromatic N) is 1. The molecule has 1 saturated carbocycles. The molecule has 5 nitrogen and oxygen atoms in total. The molecule has 16 heavy (non-hydrogen) atoms. The SMILES string of the molecule is Nc1cc(NC2CCCC2)cc([N+](=O)[O-])c1. The van der Waals surface area contributed by atoms with E-state index in [4.69, 9.17) is 5.73 Å². The van der Waals surface area contributed by atoms with Crippen molar-refractivity contribution < 1.29 is 4.92 Å². The summed E-state index contributed by atoms with van der Waals surface area (Å²) in [5.41, 5.74) is 6.84. The fourth-order valence-corrected chi connectivity index (χ4v) is 2.13. The number of benzene rings is 1. The first-order valence-corrected chi connectivity index (χ1v) is 5.46. The van der Waals surface area contributed by atoms with Crippen molar-refractivity contribution in [2.45, 2.75) is 31.7 Å². The van der Waals surface area contributed by atoms with Crippen molar-refractivity contribution in [3.8, 4) is 0 Å². The third-order valence-corrected chi connectivity index (χ3v) is 2.88. The van der Waals surface area contributed by atoms with Crippen LogP contribution in [0.2, 0.25) is 0 Å². The lowest BCUT2D eigenvalue weighted by molar-refractivity contribution is -0.384. The molecule has 0 radical (unpaired) electrons. The second kappa shape index (κ2) is 4.38. The van der Waals surface area contributed by atoms with Gasteiger partial charge in [0.25, 0.3) is 5.69 Å². The summed E-state index contributed by atoms with van der Waals surface area (Å²) >= 11 is 0. The fraction of sp³-hybridized carbons (Fsp3) is 0.455. The van der Waals surface area contributed by atoms with E-state index in [9.17, 15) is 10.1 Å². The van der Waals surface area contributed by atoms with E-state index in [1.54, 1.807) is 6.07 Å². The Labute approximate surface area is 93.8 Å². The van der Waals surface area contributed by atoms with Crippen molar-refractivity contribution in [1.29, 1.82) is 0 Å². The summed E-state index contributed by atoms with van der Waals surface area (Å²) in [5.74, 6) is 0. The van der Waals surface area contributed by atoms with Crippen LogP contribution in [0.5, 0.6) is 0 Å². The first-order chi connectivity index (χ1) is 7.65. The normalized spacial score (nSPS) is 16.2. The van der Waals surface area contributed by atoms with Crippen LogP contribution < -0.4 is 11.1 Å². The third-order valence-electron chi connectivity index (χ3n) is 2.88. The number of anilines is 2. The van der Waals surface area contributed by atoms with Gasteiger partial charge in [-0.3, -0.25) is 10.1 Å². The van der Waals surface area contributed by atoms with Gasteiger partial charge < -0.3 is 11.1 Å². The maximum Gasteiger partial charge on any atom is 0.273 e. The van der Waals surface area contributed by atoms with Crippen LogP contribution in [0, 0.1) is 10.1 Å². The van der Waals surface area contributed by atoms with Crippen LogP contribution in [-0.4, -0.2) is 11.0 Å². The van der Waals surface area contributed by atoms with Gasteiger partial charge in [-0.15, -0.1) is 0 Å². The van der Waals surface area contributed by atoms with E-state index in [1.165, 1.54) is 25.0 Å². The van der Waals surface area contributed by atoms with Crippen LogP contribution in [0.3, 0.4) is 0 Å². The minimum atomic E-state index is -0.420. The Morgan fingerprint density at radius 3 is 2.62 bits per heavy atom. The number of non-ortho nitro benzene ring substituents is 1. The monoisotopic (exact) mass is 221 g/mol. The van der Waals surface area contributed by atoms with Crippen molar-refractivity contribution in [2.75, 3.05) is 11.1 Å². The minimum absolute atomic E-state index is 0.0421. The predicted molar refractivity (Wildman–Crippen MR) is 63.4 cm³/mol. The van der Waals surface area contributed by atoms with E-state index in [-0.39, 0.29) is 5.69 Å². The second-order valence-electron chi connectivity index (χ2n) is 4.20. The maximum atomic E-state index is 10.7. The number of hydrogen-bond donors (Lipinski definition) is 2. The van der Waals surface area contributed by atoms with Crippen LogP contribution >= 0.6 is 0 Å². The number of nitrogens with two attached hydrogens (primary N) is 1. The van der Waals surface area contributed by atoms with Gasteiger partial charge in [-0.1, -0.05) is 12.8 Å². The van der Waals surface area contributed by atoms with Gasteiger partial charge in [-0.2, -0.15) is 0 Å². The Bertz CT molecular complexity index is 400. The Morgan fingerprint density at radius 1 is 1.31 bits per heavy atom. The highest BCUT2D eigenvalue weighted by Crippen LogP contribution is 2.26. The first kappa shape index (κ1) is 10.7. The average Bonchev–Trinajstić information content (AvgIpc) is 2.69. The zero-order valence-corrected chi connectivity index (χ0v) is 8.98. The van der Waals surface area contributed by atoms with Gasteiger partial charge in [0.05, 0.1) is 4.92 Å². The predicted octanol–water partition coefficient (Wildman–Crippen LogP) is 2.53. The smallest absolute Gasteiger partial charge is 0.273 e. The van der Waals surface area contributed by atoms with Gasteiger partial charge in [-0.05, 0) is 18.9 Å². The van der Waals surface area contributed by atoms with Crippen LogP contribution in [0.15, 0.2) is 18.2 Å². The molecule has 0 unspecified atom stereocenters. The van der Waals surface area contributed by atoms with Crippen LogP contribution in [0.4, 0.5) is 17.1 Å². The van der Waals surface area contributed by atoms with Crippen molar-refractivity contribution in [1.82, 2.24) is 0 Å². The number of hydrogen-bond acceptors (Lipinski definition) is 4. The molecule has 0 amide bonds. The quantitative estimate of drug-likeness (QED) is 0.467. The molecule has 0 bridgehead atoms. The van der Waals surface area contributed by atoms with Crippen molar-refractivity contribution in [2.24, 2.45) is 0 Å². The number of nitro benzene ring substituents is 1. The molecule has 0 heterocycles. The van der Waals surface area contributed by atoms with Gasteiger partial charge in [0.1, 0.15) is 0 Å². The molecular weight excluding hydrogens is 206 g/mol. The Balaban J connectivity index is 2.16. The summed E-state index contributed by atoms with van der Waals surface area (Å²) in [6.45, 7) is 0. The van der Waals surface area contributed by atoms with Crippen LogP contribution in [-0.2, 0) is 0 Å². The van der Waals surface area contributed by atoms with Crippen LogP contribution in [0.1, 0.15) is 25.7 Å². The van der Waals surface area contributed by atoms with E-state index in [0.717, 1.165) is 18.5 Å². The molecule has 1 aromatic rings. The molecule has 1 fully saturated rings. The van der Waals surface area contributed by atoms with E-state index in [1.807, 2.05) is 0 Å². The highest BCUT2D eigenvalue weighted by molar-refractivity contribution is 5.61. The summed E-state index contributed by atoms with van der Waals surface area (Å²) in [6, 6.07) is 5.08. The molecule has 0 aliphatic heterocycles. The molecule has 86 valence electrons. The molecule has 5 heteroatoms. The lowest BCUT2D eigenvalue weighted by Gasteiger charge is -2.13. The Morgan fingerprint density at radius 2 is 2.00 bits per heavy atom. The minimum Gasteiger partial charge on any atom is -0.398 e. The largest absolute Gasteiger partial charge is 0.398 e. The van der Waals surface area contributed by atoms with Gasteiger partial charge in [0.15, 0.2) is 0 Å². The Hall–Kier alpha value is -1.78. The number of rotatable bonds is 3. The van der Waals surface area contributed by atoms with Crippen molar-refractivity contribution in [3.05, 3.63) is 28.3 Å². The summed E-state index contributed by atoms with van der Waals surface area (Å²) in [6.07, 6.45) is 4.70. The van der Waals surface area contributed by atoms with E-state index in [2.05, 4.69) is 5.32 Å². The summed E-state index contributed by atoms with van der Waals surface area (Å²) < 4.78 is 0. The molecule has 1 aromatic carbocycles. The van der Waals surface area contributed by atoms with Gasteiger partial charge >= 0.3 is 0 Å². The molecule has 0 spiro atoms. The highest BCUT2D eigenvalue weighted by atomic mass is 16.6. The number of nitrogen functional groups attached to an aromatic ring is 1. The number of nitro groups is 1. The van der Waals surface area contributed by atoms with Gasteiger partial charge in [0.2, 0.25) is 0 Å². The molecular formula is C11H15N3O2. The highest BCUT2D eigenvalue weighted by Gasteiger charge is 2.16. The van der Waals surface area contributed by atoms with E-state index in [0.29, 0.717) is 11.7 Å². The number of nitrogens with one attached hydrogen (secondary N) is 1. The van der Waals surface area contributed by atoms with Crippen LogP contribution in [0.25, 0.3) is 0 Å². The molecule has 2 rings (SSSR count). The summed E-state index contributed by atoms with van der Waals surface area (Å²) in [5, 5.41) is 14.0. The Kier molecular flexibility index (Phi) is 2.94. The molecule has 1 aliphatic carbocycles. The molecule has 1 aliphatic rings. The zero-order chi connectivity index (χ0) is 11.5. The summed E-state index contributed by atoms with van der Waals surface area (Å²) in [7, 11) is 0. The first-order valence-electron chi connectivity index (χ1n) is 5.46.